The van der Waals surface area contributed by atoms with Crippen molar-refractivity contribution in [1.29, 1.82) is 0 Å². The van der Waals surface area contributed by atoms with E-state index in [4.69, 9.17) is 10.2 Å². The van der Waals surface area contributed by atoms with Crippen molar-refractivity contribution in [3.63, 3.8) is 0 Å². The summed E-state index contributed by atoms with van der Waals surface area (Å²) in [5, 5.41) is 0. The Morgan fingerprint density at radius 2 is 2.00 bits per heavy atom. The number of nitrogens with two attached hydrogens (primary N) is 1. The summed E-state index contributed by atoms with van der Waals surface area (Å²) in [4.78, 5) is 0. The van der Waals surface area contributed by atoms with Gasteiger partial charge in [0.05, 0.1) is 0 Å². The molecule has 78 valence electrons. The molecule has 1 aliphatic carbocycles. The number of hydrogen-bond donors (Lipinski definition) is 1. The van der Waals surface area contributed by atoms with Crippen LogP contribution in [0.2, 0.25) is 0 Å². The number of hydrogen-bond acceptors (Lipinski definition) is 2. The lowest BCUT2D eigenvalue weighted by Crippen LogP contribution is -2.27. The molecule has 2 rings (SSSR count). The SMILES string of the molecule is Cc1ccc(CC2CCC(N)CC2)o1. The summed E-state index contributed by atoms with van der Waals surface area (Å²) in [5.74, 6) is 2.95. The molecule has 0 aromatic carbocycles. The molecule has 14 heavy (non-hydrogen) atoms. The maximum Gasteiger partial charge on any atom is 0.104 e. The third-order valence-corrected chi connectivity index (χ3v) is 3.18. The van der Waals surface area contributed by atoms with E-state index in [0.29, 0.717) is 6.04 Å². The van der Waals surface area contributed by atoms with Gasteiger partial charge in [0.2, 0.25) is 0 Å². The molecule has 0 unspecified atom stereocenters. The van der Waals surface area contributed by atoms with Crippen LogP contribution in [0.4, 0.5) is 0 Å². The normalized spacial score (nSPS) is 27.9. The molecule has 0 aliphatic heterocycles. The monoisotopic (exact) mass is 193 g/mol. The average molecular weight is 193 g/mol. The smallest absolute Gasteiger partial charge is 0.104 e. The van der Waals surface area contributed by atoms with E-state index in [1.807, 2.05) is 13.0 Å². The Hall–Kier alpha value is -0.760. The molecule has 2 nitrogen and oxygen atoms in total. The van der Waals surface area contributed by atoms with Gasteiger partial charge >= 0.3 is 0 Å². The molecule has 2 N–H and O–H groups in total. The van der Waals surface area contributed by atoms with Gasteiger partial charge in [-0.1, -0.05) is 0 Å². The van der Waals surface area contributed by atoms with Gasteiger partial charge in [-0.3, -0.25) is 0 Å². The summed E-state index contributed by atoms with van der Waals surface area (Å²) in [6.45, 7) is 2.00. The Bertz CT molecular complexity index is 284. The zero-order valence-electron chi connectivity index (χ0n) is 8.83. The molecule has 1 aliphatic rings. The number of furan rings is 1. The molecule has 0 atom stereocenters. The number of rotatable bonds is 2. The quantitative estimate of drug-likeness (QED) is 0.784. The van der Waals surface area contributed by atoms with Crippen LogP contribution in [0.3, 0.4) is 0 Å². The van der Waals surface area contributed by atoms with Gasteiger partial charge in [-0.15, -0.1) is 0 Å². The van der Waals surface area contributed by atoms with Crippen LogP contribution in [-0.4, -0.2) is 6.04 Å². The predicted octanol–water partition coefficient (Wildman–Crippen LogP) is 2.65. The average Bonchev–Trinajstić information content (AvgIpc) is 2.56. The van der Waals surface area contributed by atoms with Crippen LogP contribution in [-0.2, 0) is 6.42 Å². The van der Waals surface area contributed by atoms with Gasteiger partial charge in [0.15, 0.2) is 0 Å². The highest BCUT2D eigenvalue weighted by molar-refractivity contribution is 5.06. The van der Waals surface area contributed by atoms with Crippen LogP contribution in [0.5, 0.6) is 0 Å². The fraction of sp³-hybridized carbons (Fsp3) is 0.667. The highest BCUT2D eigenvalue weighted by Gasteiger charge is 2.19. The molecular formula is C12H19NO. The third-order valence-electron chi connectivity index (χ3n) is 3.18. The van der Waals surface area contributed by atoms with Crippen molar-refractivity contribution >= 4 is 0 Å². The third kappa shape index (κ3) is 2.38. The first-order valence-electron chi connectivity index (χ1n) is 5.55. The van der Waals surface area contributed by atoms with Gasteiger partial charge in [-0.05, 0) is 50.7 Å². The first-order chi connectivity index (χ1) is 6.74. The summed E-state index contributed by atoms with van der Waals surface area (Å²) in [7, 11) is 0. The highest BCUT2D eigenvalue weighted by Crippen LogP contribution is 2.26. The van der Waals surface area contributed by atoms with Crippen molar-refractivity contribution in [3.8, 4) is 0 Å². The van der Waals surface area contributed by atoms with Crippen molar-refractivity contribution in [1.82, 2.24) is 0 Å². The largest absolute Gasteiger partial charge is 0.466 e. The van der Waals surface area contributed by atoms with Crippen LogP contribution in [0.25, 0.3) is 0 Å². The van der Waals surface area contributed by atoms with Gasteiger partial charge in [0.25, 0.3) is 0 Å². The van der Waals surface area contributed by atoms with Gasteiger partial charge < -0.3 is 10.2 Å². The van der Waals surface area contributed by atoms with E-state index < -0.39 is 0 Å². The fourth-order valence-electron chi connectivity index (χ4n) is 2.27. The summed E-state index contributed by atoms with van der Waals surface area (Å²) < 4.78 is 5.58. The predicted molar refractivity (Wildman–Crippen MR) is 57.1 cm³/mol. The lowest BCUT2D eigenvalue weighted by atomic mass is 9.84. The van der Waals surface area contributed by atoms with Crippen molar-refractivity contribution in [2.24, 2.45) is 11.7 Å². The highest BCUT2D eigenvalue weighted by atomic mass is 16.3. The van der Waals surface area contributed by atoms with Crippen molar-refractivity contribution in [3.05, 3.63) is 23.7 Å². The molecule has 2 heteroatoms. The Morgan fingerprint density at radius 1 is 1.29 bits per heavy atom. The summed E-state index contributed by atoms with van der Waals surface area (Å²) in [6, 6.07) is 4.60. The zero-order valence-corrected chi connectivity index (χ0v) is 8.83. The van der Waals surface area contributed by atoms with Crippen LogP contribution >= 0.6 is 0 Å². The summed E-state index contributed by atoms with van der Waals surface area (Å²) >= 11 is 0. The van der Waals surface area contributed by atoms with E-state index in [-0.39, 0.29) is 0 Å². The first kappa shape index (κ1) is 9.78. The lowest BCUT2D eigenvalue weighted by molar-refractivity contribution is 0.307. The minimum Gasteiger partial charge on any atom is -0.466 e. The van der Waals surface area contributed by atoms with E-state index in [9.17, 15) is 0 Å². The second kappa shape index (κ2) is 4.18. The minimum absolute atomic E-state index is 0.449. The van der Waals surface area contributed by atoms with Gasteiger partial charge in [-0.25, -0.2) is 0 Å². The molecule has 1 aromatic heterocycles. The molecular weight excluding hydrogens is 174 g/mol. The Labute approximate surface area is 85.5 Å². The fourth-order valence-corrected chi connectivity index (χ4v) is 2.27. The maximum atomic E-state index is 5.87. The van der Waals surface area contributed by atoms with Crippen LogP contribution in [0.1, 0.15) is 37.2 Å². The Kier molecular flexibility index (Phi) is 2.92. The van der Waals surface area contributed by atoms with Crippen molar-refractivity contribution < 1.29 is 4.42 Å². The number of aryl methyl sites for hydroxylation is 1. The molecule has 0 saturated heterocycles. The second-order valence-corrected chi connectivity index (χ2v) is 4.50. The minimum atomic E-state index is 0.449. The van der Waals surface area contributed by atoms with E-state index in [0.717, 1.165) is 23.9 Å². The van der Waals surface area contributed by atoms with Gasteiger partial charge in [0, 0.05) is 12.5 Å². The lowest BCUT2D eigenvalue weighted by Gasteiger charge is -2.25. The molecule has 0 bridgehead atoms. The molecule has 0 amide bonds. The Balaban J connectivity index is 1.86. The molecule has 1 heterocycles. The second-order valence-electron chi connectivity index (χ2n) is 4.50. The molecule has 0 spiro atoms. The van der Waals surface area contributed by atoms with E-state index in [1.165, 1.54) is 25.7 Å². The van der Waals surface area contributed by atoms with Gasteiger partial charge in [-0.2, -0.15) is 0 Å². The van der Waals surface area contributed by atoms with E-state index in [1.54, 1.807) is 0 Å². The van der Waals surface area contributed by atoms with Crippen LogP contribution in [0.15, 0.2) is 16.5 Å². The maximum absolute atomic E-state index is 5.87. The summed E-state index contributed by atoms with van der Waals surface area (Å²) in [6.07, 6.45) is 6.00. The molecule has 1 fully saturated rings. The first-order valence-corrected chi connectivity index (χ1v) is 5.55. The topological polar surface area (TPSA) is 39.2 Å². The van der Waals surface area contributed by atoms with Gasteiger partial charge in [0.1, 0.15) is 11.5 Å². The van der Waals surface area contributed by atoms with E-state index >= 15 is 0 Å². The summed E-state index contributed by atoms with van der Waals surface area (Å²) in [5.41, 5.74) is 5.87. The molecule has 1 saturated carbocycles. The zero-order chi connectivity index (χ0) is 9.97. The van der Waals surface area contributed by atoms with Crippen molar-refractivity contribution in [2.75, 3.05) is 0 Å². The van der Waals surface area contributed by atoms with Crippen molar-refractivity contribution in [2.45, 2.75) is 45.1 Å². The molecule has 1 aromatic rings. The van der Waals surface area contributed by atoms with E-state index in [2.05, 4.69) is 6.07 Å². The van der Waals surface area contributed by atoms with Crippen LogP contribution < -0.4 is 5.73 Å². The Morgan fingerprint density at radius 3 is 2.57 bits per heavy atom. The molecule has 0 radical (unpaired) electrons. The standard InChI is InChI=1S/C12H19NO/c1-9-2-7-12(14-9)8-10-3-5-11(13)6-4-10/h2,7,10-11H,3-6,8,13H2,1H3. The van der Waals surface area contributed by atoms with Crippen LogP contribution in [0, 0.1) is 12.8 Å².